The number of esters is 2. The molecule has 0 spiro atoms. The number of amides is 2. The lowest BCUT2D eigenvalue weighted by molar-refractivity contribution is 0.0555. The third kappa shape index (κ3) is 2.83. The molecule has 2 amide bonds. The molecule has 0 unspecified atom stereocenters. The zero-order valence-electron chi connectivity index (χ0n) is 14.1. The van der Waals surface area contributed by atoms with Gasteiger partial charge in [-0.15, -0.1) is 0 Å². The van der Waals surface area contributed by atoms with Gasteiger partial charge >= 0.3 is 11.9 Å². The van der Waals surface area contributed by atoms with Crippen molar-refractivity contribution >= 4 is 23.8 Å². The molecule has 0 saturated carbocycles. The smallest absolute Gasteiger partial charge is 0.338 e. The van der Waals surface area contributed by atoms with E-state index in [-0.39, 0.29) is 17.7 Å². The molecule has 1 heterocycles. The summed E-state index contributed by atoms with van der Waals surface area (Å²) in [7, 11) is 2.40. The summed E-state index contributed by atoms with van der Waals surface area (Å²) in [5, 5.41) is 0. The van der Waals surface area contributed by atoms with Crippen molar-refractivity contribution in [2.45, 2.75) is 6.54 Å². The van der Waals surface area contributed by atoms with Crippen molar-refractivity contribution in [1.82, 2.24) is 4.90 Å². The van der Waals surface area contributed by atoms with Gasteiger partial charge in [-0.05, 0) is 29.8 Å². The minimum absolute atomic E-state index is 0.00783. The van der Waals surface area contributed by atoms with Crippen molar-refractivity contribution in [1.29, 1.82) is 0 Å². The second kappa shape index (κ2) is 6.79. The lowest BCUT2D eigenvalue weighted by Crippen LogP contribution is -2.29. The van der Waals surface area contributed by atoms with Crippen LogP contribution >= 0.6 is 0 Å². The molecule has 7 nitrogen and oxygen atoms in total. The van der Waals surface area contributed by atoms with Crippen molar-refractivity contribution in [3.63, 3.8) is 0 Å². The van der Waals surface area contributed by atoms with Crippen molar-refractivity contribution in [3.8, 4) is 0 Å². The van der Waals surface area contributed by atoms with Gasteiger partial charge in [0.05, 0.1) is 43.0 Å². The van der Waals surface area contributed by atoms with Crippen LogP contribution in [0.2, 0.25) is 0 Å². The van der Waals surface area contributed by atoms with E-state index in [0.717, 1.165) is 4.90 Å². The van der Waals surface area contributed by atoms with Crippen molar-refractivity contribution in [2.24, 2.45) is 0 Å². The zero-order chi connectivity index (χ0) is 18.8. The van der Waals surface area contributed by atoms with E-state index < -0.39 is 23.8 Å². The summed E-state index contributed by atoms with van der Waals surface area (Å²) in [6.07, 6.45) is 0. The average Bonchev–Trinajstić information content (AvgIpc) is 2.92. The highest BCUT2D eigenvalue weighted by molar-refractivity contribution is 6.21. The van der Waals surface area contributed by atoms with Crippen LogP contribution in [0, 0.1) is 0 Å². The number of methoxy groups -OCH3 is 2. The molecule has 26 heavy (non-hydrogen) atoms. The minimum Gasteiger partial charge on any atom is -0.465 e. The fourth-order valence-electron chi connectivity index (χ4n) is 2.82. The Morgan fingerprint density at radius 1 is 0.846 bits per heavy atom. The first-order chi connectivity index (χ1) is 12.5. The van der Waals surface area contributed by atoms with Gasteiger partial charge < -0.3 is 9.47 Å². The van der Waals surface area contributed by atoms with Crippen LogP contribution in [0.4, 0.5) is 0 Å². The van der Waals surface area contributed by atoms with Gasteiger partial charge in [0.15, 0.2) is 0 Å². The molecule has 0 N–H and O–H groups in total. The van der Waals surface area contributed by atoms with Gasteiger partial charge in [0.25, 0.3) is 11.8 Å². The van der Waals surface area contributed by atoms with Crippen molar-refractivity contribution < 1.29 is 28.7 Å². The topological polar surface area (TPSA) is 90.0 Å². The Balaban J connectivity index is 1.94. The molecule has 0 radical (unpaired) electrons. The lowest BCUT2D eigenvalue weighted by atomic mass is 10.0. The highest BCUT2D eigenvalue weighted by atomic mass is 16.5. The molecule has 0 atom stereocenters. The molecule has 7 heteroatoms. The SMILES string of the molecule is COC(=O)c1ccc(CN2C(=O)c3ccccc3C2=O)cc1C(=O)OC. The van der Waals surface area contributed by atoms with Crippen LogP contribution in [-0.2, 0) is 16.0 Å². The molecular weight excluding hydrogens is 338 g/mol. The first-order valence-electron chi connectivity index (χ1n) is 7.72. The van der Waals surface area contributed by atoms with Crippen LogP contribution in [0.1, 0.15) is 47.0 Å². The maximum absolute atomic E-state index is 12.4. The van der Waals surface area contributed by atoms with Gasteiger partial charge in [-0.25, -0.2) is 9.59 Å². The minimum atomic E-state index is -0.713. The average molecular weight is 353 g/mol. The summed E-state index contributed by atoms with van der Waals surface area (Å²) in [5.41, 5.74) is 1.25. The standard InChI is InChI=1S/C19H15NO6/c1-25-18(23)14-8-7-11(9-15(14)19(24)26-2)10-20-16(21)12-5-3-4-6-13(12)17(20)22/h3-9H,10H2,1-2H3. The summed E-state index contributed by atoms with van der Waals surface area (Å²) in [6.45, 7) is -0.0300. The number of benzene rings is 2. The molecule has 1 aliphatic rings. The molecule has 0 fully saturated rings. The van der Waals surface area contributed by atoms with E-state index in [2.05, 4.69) is 4.74 Å². The van der Waals surface area contributed by atoms with Crippen LogP contribution < -0.4 is 0 Å². The molecular formula is C19H15NO6. The number of carbonyl (C=O) groups is 4. The number of hydrogen-bond acceptors (Lipinski definition) is 6. The van der Waals surface area contributed by atoms with Crippen LogP contribution in [0.15, 0.2) is 42.5 Å². The third-order valence-electron chi connectivity index (χ3n) is 4.11. The second-order valence-electron chi connectivity index (χ2n) is 5.61. The van der Waals surface area contributed by atoms with Gasteiger partial charge in [0.1, 0.15) is 0 Å². The Kier molecular flexibility index (Phi) is 4.53. The highest BCUT2D eigenvalue weighted by Gasteiger charge is 2.35. The predicted molar refractivity (Wildman–Crippen MR) is 89.8 cm³/mol. The van der Waals surface area contributed by atoms with Crippen LogP contribution in [0.5, 0.6) is 0 Å². The fourth-order valence-corrected chi connectivity index (χ4v) is 2.82. The maximum Gasteiger partial charge on any atom is 0.338 e. The summed E-state index contributed by atoms with van der Waals surface area (Å²) >= 11 is 0. The summed E-state index contributed by atoms with van der Waals surface area (Å²) in [6, 6.07) is 10.9. The van der Waals surface area contributed by atoms with E-state index in [1.807, 2.05) is 0 Å². The Hall–Kier alpha value is -3.48. The molecule has 0 aromatic heterocycles. The van der Waals surface area contributed by atoms with E-state index in [0.29, 0.717) is 16.7 Å². The summed E-state index contributed by atoms with van der Waals surface area (Å²) in [4.78, 5) is 49.8. The fraction of sp³-hybridized carbons (Fsp3) is 0.158. The van der Waals surface area contributed by atoms with Gasteiger partial charge in [0, 0.05) is 0 Å². The van der Waals surface area contributed by atoms with Gasteiger partial charge in [-0.1, -0.05) is 18.2 Å². The van der Waals surface area contributed by atoms with Gasteiger partial charge in [0.2, 0.25) is 0 Å². The molecule has 0 aliphatic carbocycles. The van der Waals surface area contributed by atoms with Crippen molar-refractivity contribution in [2.75, 3.05) is 14.2 Å². The highest BCUT2D eigenvalue weighted by Crippen LogP contribution is 2.25. The first-order valence-corrected chi connectivity index (χ1v) is 7.72. The summed E-state index contributed by atoms with van der Waals surface area (Å²) in [5.74, 6) is -2.20. The number of carbonyl (C=O) groups excluding carboxylic acids is 4. The Labute approximate surface area is 149 Å². The molecule has 2 aromatic carbocycles. The summed E-state index contributed by atoms with van der Waals surface area (Å²) < 4.78 is 9.35. The largest absolute Gasteiger partial charge is 0.465 e. The Morgan fingerprint density at radius 3 is 1.92 bits per heavy atom. The molecule has 3 rings (SSSR count). The quantitative estimate of drug-likeness (QED) is 0.617. The molecule has 1 aliphatic heterocycles. The van der Waals surface area contributed by atoms with Gasteiger partial charge in [-0.2, -0.15) is 0 Å². The number of fused-ring (bicyclic) bond motifs is 1. The van der Waals surface area contributed by atoms with Crippen molar-refractivity contribution in [3.05, 3.63) is 70.3 Å². The number of ether oxygens (including phenoxy) is 2. The number of imide groups is 1. The molecule has 132 valence electrons. The maximum atomic E-state index is 12.4. The Morgan fingerprint density at radius 2 is 1.38 bits per heavy atom. The predicted octanol–water partition coefficient (Wildman–Crippen LogP) is 2.06. The normalized spacial score (nSPS) is 12.8. The molecule has 0 saturated heterocycles. The number of hydrogen-bond donors (Lipinski definition) is 0. The van der Waals surface area contributed by atoms with E-state index in [9.17, 15) is 19.2 Å². The number of rotatable bonds is 4. The van der Waals surface area contributed by atoms with Crippen LogP contribution in [0.3, 0.4) is 0 Å². The van der Waals surface area contributed by atoms with Crippen LogP contribution in [-0.4, -0.2) is 42.9 Å². The van der Waals surface area contributed by atoms with E-state index >= 15 is 0 Å². The van der Waals surface area contributed by atoms with E-state index in [4.69, 9.17) is 4.74 Å². The molecule has 0 bridgehead atoms. The molecule has 2 aromatic rings. The first kappa shape index (κ1) is 17.3. The number of nitrogens with zero attached hydrogens (tertiary/aromatic N) is 1. The van der Waals surface area contributed by atoms with E-state index in [1.54, 1.807) is 30.3 Å². The van der Waals surface area contributed by atoms with Gasteiger partial charge in [-0.3, -0.25) is 14.5 Å². The zero-order valence-corrected chi connectivity index (χ0v) is 14.1. The third-order valence-corrected chi connectivity index (χ3v) is 4.11. The Bertz CT molecular complexity index is 898. The lowest BCUT2D eigenvalue weighted by Gasteiger charge is -2.15. The van der Waals surface area contributed by atoms with E-state index in [1.165, 1.54) is 26.4 Å². The monoisotopic (exact) mass is 353 g/mol. The second-order valence-corrected chi connectivity index (χ2v) is 5.61. The van der Waals surface area contributed by atoms with Crippen LogP contribution in [0.25, 0.3) is 0 Å².